The Morgan fingerprint density at radius 3 is 2.16 bits per heavy atom. The number of H-pyrrole nitrogens is 1. The van der Waals surface area contributed by atoms with Crippen LogP contribution in [0.5, 0.6) is 5.75 Å². The van der Waals surface area contributed by atoms with Crippen molar-refractivity contribution in [3.8, 4) is 5.75 Å². The number of benzene rings is 1. The van der Waals surface area contributed by atoms with Gasteiger partial charge in [-0.05, 0) is 31.5 Å². The average Bonchev–Trinajstić information content (AvgIpc) is 2.39. The number of hydrogen-bond acceptors (Lipinski definition) is 2. The van der Waals surface area contributed by atoms with E-state index < -0.39 is 23.2 Å². The molecule has 0 aliphatic heterocycles. The van der Waals surface area contributed by atoms with Gasteiger partial charge in [0.15, 0.2) is 11.6 Å². The Balaban J connectivity index is 0.000000191. The van der Waals surface area contributed by atoms with Crippen molar-refractivity contribution in [3.63, 3.8) is 0 Å². The quantitative estimate of drug-likeness (QED) is 0.774. The zero-order valence-corrected chi connectivity index (χ0v) is 10.3. The van der Waals surface area contributed by atoms with Crippen LogP contribution in [0.1, 0.15) is 11.1 Å². The van der Waals surface area contributed by atoms with Crippen LogP contribution < -0.4 is 5.56 Å². The van der Waals surface area contributed by atoms with Crippen LogP contribution in [0, 0.1) is 31.3 Å². The normalized spacial score (nSPS) is 9.74. The number of halogens is 3. The fourth-order valence-corrected chi connectivity index (χ4v) is 1.17. The molecule has 1 aromatic carbocycles. The van der Waals surface area contributed by atoms with Crippen LogP contribution in [0.4, 0.5) is 13.2 Å². The van der Waals surface area contributed by atoms with Gasteiger partial charge in [-0.3, -0.25) is 4.79 Å². The first kappa shape index (κ1) is 14.8. The molecular weight excluding hydrogens is 259 g/mol. The number of aryl methyl sites for hydroxylation is 1. The van der Waals surface area contributed by atoms with Crippen molar-refractivity contribution in [1.29, 1.82) is 0 Å². The molecule has 0 fully saturated rings. The molecule has 1 heterocycles. The minimum Gasteiger partial charge on any atom is -0.505 e. The van der Waals surface area contributed by atoms with E-state index in [1.54, 1.807) is 0 Å². The third kappa shape index (κ3) is 3.61. The fourth-order valence-electron chi connectivity index (χ4n) is 1.17. The van der Waals surface area contributed by atoms with Crippen LogP contribution in [0.2, 0.25) is 0 Å². The Kier molecular flexibility index (Phi) is 4.74. The minimum absolute atomic E-state index is 0.137. The number of pyridine rings is 1. The number of hydrogen-bond donors (Lipinski definition) is 2. The summed E-state index contributed by atoms with van der Waals surface area (Å²) in [5.41, 5.74) is 0.103. The lowest BCUT2D eigenvalue weighted by atomic mass is 10.2. The molecule has 0 radical (unpaired) electrons. The van der Waals surface area contributed by atoms with E-state index in [0.29, 0.717) is 5.56 Å². The number of aromatic hydroxyl groups is 1. The van der Waals surface area contributed by atoms with E-state index in [1.165, 1.54) is 32.2 Å². The molecule has 19 heavy (non-hydrogen) atoms. The Bertz CT molecular complexity index is 611. The van der Waals surface area contributed by atoms with E-state index in [4.69, 9.17) is 5.11 Å². The van der Waals surface area contributed by atoms with Gasteiger partial charge < -0.3 is 10.1 Å². The van der Waals surface area contributed by atoms with Crippen molar-refractivity contribution >= 4 is 0 Å². The van der Waals surface area contributed by atoms with Crippen molar-refractivity contribution in [2.75, 3.05) is 0 Å². The van der Waals surface area contributed by atoms with Crippen molar-refractivity contribution in [2.45, 2.75) is 13.8 Å². The second-order valence-corrected chi connectivity index (χ2v) is 3.81. The second kappa shape index (κ2) is 6.08. The van der Waals surface area contributed by atoms with Gasteiger partial charge in [-0.1, -0.05) is 6.07 Å². The number of nitrogens with one attached hydrogen (secondary N) is 1. The standard InChI is InChI=1S/C7H6F2O.C6H6FNO/c1-4-2-3-5(8)6(9)7(4)10;1-4-5(7)2-3-8-6(4)9/h2-3,10H,1H3;2-3H,1H3,(H,8,9). The van der Waals surface area contributed by atoms with Gasteiger partial charge in [0.1, 0.15) is 5.82 Å². The van der Waals surface area contributed by atoms with Crippen molar-refractivity contribution < 1.29 is 18.3 Å². The molecule has 0 aliphatic carbocycles. The van der Waals surface area contributed by atoms with Crippen LogP contribution >= 0.6 is 0 Å². The largest absolute Gasteiger partial charge is 0.505 e. The summed E-state index contributed by atoms with van der Waals surface area (Å²) in [6.45, 7) is 2.94. The van der Waals surface area contributed by atoms with E-state index in [1.807, 2.05) is 0 Å². The maximum absolute atomic E-state index is 12.4. The van der Waals surface area contributed by atoms with Crippen LogP contribution in [0.25, 0.3) is 0 Å². The maximum Gasteiger partial charge on any atom is 0.253 e. The highest BCUT2D eigenvalue weighted by molar-refractivity contribution is 5.32. The molecule has 102 valence electrons. The molecule has 0 spiro atoms. The highest BCUT2D eigenvalue weighted by Crippen LogP contribution is 2.21. The van der Waals surface area contributed by atoms with E-state index in [9.17, 15) is 18.0 Å². The summed E-state index contributed by atoms with van der Waals surface area (Å²) in [4.78, 5) is 12.9. The van der Waals surface area contributed by atoms with E-state index in [-0.39, 0.29) is 11.1 Å². The molecule has 2 N–H and O–H groups in total. The Morgan fingerprint density at radius 2 is 1.68 bits per heavy atom. The Morgan fingerprint density at radius 1 is 1.05 bits per heavy atom. The summed E-state index contributed by atoms with van der Waals surface area (Å²) in [6.07, 6.45) is 1.28. The molecule has 0 atom stereocenters. The third-order valence-electron chi connectivity index (χ3n) is 2.41. The SMILES string of the molecule is Cc1c(F)cc[nH]c1=O.Cc1ccc(F)c(F)c1O. The third-order valence-corrected chi connectivity index (χ3v) is 2.41. The highest BCUT2D eigenvalue weighted by Gasteiger charge is 2.08. The zero-order valence-electron chi connectivity index (χ0n) is 10.3. The van der Waals surface area contributed by atoms with Gasteiger partial charge >= 0.3 is 0 Å². The number of aromatic amines is 1. The molecule has 0 saturated carbocycles. The van der Waals surface area contributed by atoms with Gasteiger partial charge in [-0.15, -0.1) is 0 Å². The van der Waals surface area contributed by atoms with Crippen LogP contribution in [0.3, 0.4) is 0 Å². The second-order valence-electron chi connectivity index (χ2n) is 3.81. The first-order valence-corrected chi connectivity index (χ1v) is 5.32. The lowest BCUT2D eigenvalue weighted by Crippen LogP contribution is -2.09. The van der Waals surface area contributed by atoms with Gasteiger partial charge in [-0.25, -0.2) is 8.78 Å². The topological polar surface area (TPSA) is 53.1 Å². The van der Waals surface area contributed by atoms with Crippen molar-refractivity contribution in [1.82, 2.24) is 4.98 Å². The van der Waals surface area contributed by atoms with Crippen LogP contribution in [-0.2, 0) is 0 Å². The number of aromatic nitrogens is 1. The monoisotopic (exact) mass is 271 g/mol. The van der Waals surface area contributed by atoms with E-state index >= 15 is 0 Å². The smallest absolute Gasteiger partial charge is 0.253 e. The zero-order chi connectivity index (χ0) is 14.6. The molecule has 0 bridgehead atoms. The fraction of sp³-hybridized carbons (Fsp3) is 0.154. The van der Waals surface area contributed by atoms with Gasteiger partial charge in [0, 0.05) is 11.8 Å². The lowest BCUT2D eigenvalue weighted by Gasteiger charge is -1.98. The predicted octanol–water partition coefficient (Wildman–Crippen LogP) is 2.80. The highest BCUT2D eigenvalue weighted by atomic mass is 19.2. The maximum atomic E-state index is 12.4. The first-order valence-electron chi connectivity index (χ1n) is 5.32. The average molecular weight is 271 g/mol. The van der Waals surface area contributed by atoms with Crippen LogP contribution in [-0.4, -0.2) is 10.1 Å². The number of phenolic OH excluding ortho intramolecular Hbond substituents is 1. The number of phenols is 1. The molecule has 0 amide bonds. The molecular formula is C13H12F3NO2. The van der Waals surface area contributed by atoms with Crippen molar-refractivity contribution in [3.05, 3.63) is 63.3 Å². The molecule has 0 saturated heterocycles. The van der Waals surface area contributed by atoms with Gasteiger partial charge in [-0.2, -0.15) is 4.39 Å². The molecule has 3 nitrogen and oxygen atoms in total. The Hall–Kier alpha value is -2.24. The molecule has 1 aromatic heterocycles. The molecule has 2 aromatic rings. The summed E-state index contributed by atoms with van der Waals surface area (Å²) < 4.78 is 37.0. The van der Waals surface area contributed by atoms with E-state index in [2.05, 4.69) is 4.98 Å². The Labute approximate surface area is 107 Å². The van der Waals surface area contributed by atoms with Crippen LogP contribution in [0.15, 0.2) is 29.2 Å². The lowest BCUT2D eigenvalue weighted by molar-refractivity contribution is 0.403. The summed E-state index contributed by atoms with van der Waals surface area (Å²) in [7, 11) is 0. The first-order chi connectivity index (χ1) is 8.84. The molecule has 0 unspecified atom stereocenters. The summed E-state index contributed by atoms with van der Waals surface area (Å²) in [5, 5.41) is 8.77. The summed E-state index contributed by atoms with van der Waals surface area (Å²) in [6, 6.07) is 3.51. The number of rotatable bonds is 0. The van der Waals surface area contributed by atoms with E-state index in [0.717, 1.165) is 6.07 Å². The van der Waals surface area contributed by atoms with Gasteiger partial charge in [0.2, 0.25) is 5.82 Å². The summed E-state index contributed by atoms with van der Waals surface area (Å²) >= 11 is 0. The molecule has 6 heteroatoms. The predicted molar refractivity (Wildman–Crippen MR) is 64.5 cm³/mol. The van der Waals surface area contributed by atoms with Gasteiger partial charge in [0.05, 0.1) is 0 Å². The van der Waals surface area contributed by atoms with Crippen molar-refractivity contribution in [2.24, 2.45) is 0 Å². The van der Waals surface area contributed by atoms with Gasteiger partial charge in [0.25, 0.3) is 5.56 Å². The molecule has 0 aliphatic rings. The summed E-state index contributed by atoms with van der Waals surface area (Å²) in [5.74, 6) is -3.28. The molecule has 2 rings (SSSR count). The minimum atomic E-state index is -1.18.